The molecule has 0 saturated carbocycles. The van der Waals surface area contributed by atoms with E-state index in [1.165, 1.54) is 30.9 Å². The van der Waals surface area contributed by atoms with E-state index >= 15 is 0 Å². The van der Waals surface area contributed by atoms with Crippen molar-refractivity contribution < 1.29 is 18.7 Å². The molecule has 2 rings (SSSR count). The molecular formula is C17H28N2O6Si. The molecule has 0 aliphatic carbocycles. The Balaban J connectivity index is 2.45. The Labute approximate surface area is 153 Å². The fraction of sp³-hybridized carbons (Fsp3) is 0.706. The molecule has 0 radical (unpaired) electrons. The third-order valence-electron chi connectivity index (χ3n) is 5.22. The lowest BCUT2D eigenvalue weighted by Gasteiger charge is -2.40. The topological polar surface area (TPSA) is 99.6 Å². The molecule has 2 unspecified atom stereocenters. The average molecular weight is 385 g/mol. The molecule has 1 aromatic heterocycles. The molecule has 0 bridgehead atoms. The summed E-state index contributed by atoms with van der Waals surface area (Å²) < 4.78 is 19.1. The summed E-state index contributed by atoms with van der Waals surface area (Å²) in [7, 11) is -0.738. The largest absolute Gasteiger partial charge is 0.408 e. The number of nitrogens with zero attached hydrogens (tertiary/aromatic N) is 1. The summed E-state index contributed by atoms with van der Waals surface area (Å²) in [4.78, 5) is 37.9. The second kappa shape index (κ2) is 7.22. The first kappa shape index (κ1) is 20.8. The van der Waals surface area contributed by atoms with Gasteiger partial charge in [0, 0.05) is 19.4 Å². The van der Waals surface area contributed by atoms with Crippen LogP contribution >= 0.6 is 0 Å². The number of hydrogen-bond donors (Lipinski definition) is 1. The van der Waals surface area contributed by atoms with Crippen LogP contribution in [-0.4, -0.2) is 49.1 Å². The fourth-order valence-corrected chi connectivity index (χ4v) is 4.01. The van der Waals surface area contributed by atoms with Crippen LogP contribution in [0, 0.1) is 0 Å². The number of methoxy groups -OCH3 is 1. The van der Waals surface area contributed by atoms with Gasteiger partial charge in [0.2, 0.25) is 0 Å². The zero-order valence-corrected chi connectivity index (χ0v) is 17.4. The van der Waals surface area contributed by atoms with E-state index in [2.05, 4.69) is 38.8 Å². The highest BCUT2D eigenvalue weighted by molar-refractivity contribution is 6.74. The Bertz CT molecular complexity index is 778. The van der Waals surface area contributed by atoms with Crippen molar-refractivity contribution >= 4 is 14.1 Å². The summed E-state index contributed by atoms with van der Waals surface area (Å²) in [6.45, 7) is 11.9. The summed E-state index contributed by atoms with van der Waals surface area (Å²) in [5.74, 6) is -0.198. The van der Waals surface area contributed by atoms with E-state index in [0.29, 0.717) is 0 Å². The molecule has 26 heavy (non-hydrogen) atoms. The van der Waals surface area contributed by atoms with Crippen LogP contribution in [0.2, 0.25) is 18.1 Å². The van der Waals surface area contributed by atoms with Gasteiger partial charge in [0.15, 0.2) is 20.3 Å². The lowest BCUT2D eigenvalue weighted by molar-refractivity contribution is -0.133. The zero-order valence-electron chi connectivity index (χ0n) is 16.4. The molecule has 8 nitrogen and oxygen atoms in total. The van der Waals surface area contributed by atoms with Gasteiger partial charge in [0.25, 0.3) is 5.56 Å². The van der Waals surface area contributed by atoms with Gasteiger partial charge in [-0.2, -0.15) is 0 Å². The van der Waals surface area contributed by atoms with E-state index < -0.39 is 44.1 Å². The van der Waals surface area contributed by atoms with Gasteiger partial charge in [0.1, 0.15) is 18.3 Å². The number of rotatable bonds is 5. The van der Waals surface area contributed by atoms with E-state index in [1.807, 2.05) is 0 Å². The van der Waals surface area contributed by atoms with Crippen LogP contribution in [0.5, 0.6) is 0 Å². The highest BCUT2D eigenvalue weighted by atomic mass is 28.4. The zero-order chi connectivity index (χ0) is 19.9. The molecule has 0 amide bonds. The first-order valence-electron chi connectivity index (χ1n) is 8.57. The van der Waals surface area contributed by atoms with Gasteiger partial charge in [-0.1, -0.05) is 20.8 Å². The Morgan fingerprint density at radius 3 is 2.35 bits per heavy atom. The third-order valence-corrected chi connectivity index (χ3v) is 9.70. The Hall–Kier alpha value is -1.55. The summed E-state index contributed by atoms with van der Waals surface area (Å²) >= 11 is 0. The second-order valence-electron chi connectivity index (χ2n) is 8.12. The maximum Gasteiger partial charge on any atom is 0.330 e. The van der Waals surface area contributed by atoms with Gasteiger partial charge in [-0.05, 0) is 25.1 Å². The van der Waals surface area contributed by atoms with Crippen LogP contribution < -0.4 is 11.2 Å². The molecular weight excluding hydrogens is 356 g/mol. The average Bonchev–Trinajstić information content (AvgIpc) is 2.83. The predicted molar refractivity (Wildman–Crippen MR) is 98.8 cm³/mol. The van der Waals surface area contributed by atoms with Crippen molar-refractivity contribution in [1.29, 1.82) is 0 Å². The highest BCUT2D eigenvalue weighted by Crippen LogP contribution is 2.41. The van der Waals surface area contributed by atoms with Gasteiger partial charge in [0.05, 0.1) is 0 Å². The van der Waals surface area contributed by atoms with Crippen molar-refractivity contribution in [3.63, 3.8) is 0 Å². The van der Waals surface area contributed by atoms with E-state index in [-0.39, 0.29) is 10.8 Å². The van der Waals surface area contributed by atoms with Crippen molar-refractivity contribution in [2.24, 2.45) is 0 Å². The van der Waals surface area contributed by atoms with Crippen molar-refractivity contribution in [2.45, 2.75) is 70.4 Å². The lowest BCUT2D eigenvalue weighted by Crippen LogP contribution is -2.50. The smallest absolute Gasteiger partial charge is 0.330 e. The third kappa shape index (κ3) is 3.90. The molecule has 146 valence electrons. The van der Waals surface area contributed by atoms with Gasteiger partial charge >= 0.3 is 5.69 Å². The van der Waals surface area contributed by atoms with Crippen molar-refractivity contribution in [1.82, 2.24) is 9.55 Å². The number of aromatic nitrogens is 2. The SMILES string of the molecule is COC1C(O[Si](C)(C)C(C)(C)C)[C@@H](C(C)=O)O[C@H]1n1ccc(=O)[nH]c1=O. The minimum Gasteiger partial charge on any atom is -0.408 e. The van der Waals surface area contributed by atoms with Gasteiger partial charge < -0.3 is 13.9 Å². The minimum atomic E-state index is -2.23. The van der Waals surface area contributed by atoms with Crippen molar-refractivity contribution in [2.75, 3.05) is 7.11 Å². The summed E-state index contributed by atoms with van der Waals surface area (Å²) in [6, 6.07) is 1.22. The molecule has 0 spiro atoms. The van der Waals surface area contributed by atoms with Crippen LogP contribution in [0.4, 0.5) is 0 Å². The van der Waals surface area contributed by atoms with Crippen LogP contribution in [-0.2, 0) is 18.7 Å². The molecule has 1 aliphatic heterocycles. The number of nitrogens with one attached hydrogen (secondary N) is 1. The Morgan fingerprint density at radius 2 is 1.88 bits per heavy atom. The predicted octanol–water partition coefficient (Wildman–Crippen LogP) is 1.43. The molecule has 1 saturated heterocycles. The highest BCUT2D eigenvalue weighted by Gasteiger charge is 2.52. The van der Waals surface area contributed by atoms with Gasteiger partial charge in [-0.25, -0.2) is 4.79 Å². The number of carbonyl (C=O) groups is 1. The van der Waals surface area contributed by atoms with Crippen molar-refractivity contribution in [3.05, 3.63) is 33.1 Å². The molecule has 1 fully saturated rings. The quantitative estimate of drug-likeness (QED) is 0.771. The van der Waals surface area contributed by atoms with E-state index in [0.717, 1.165) is 0 Å². The monoisotopic (exact) mass is 384 g/mol. The number of Topliss-reactive ketones (excluding diaryl/α,β-unsaturated/α-hetero) is 1. The second-order valence-corrected chi connectivity index (χ2v) is 12.9. The number of ketones is 1. The number of H-pyrrole nitrogens is 1. The molecule has 2 heterocycles. The maximum absolute atomic E-state index is 12.2. The molecule has 1 aliphatic rings. The van der Waals surface area contributed by atoms with Gasteiger partial charge in [-0.3, -0.25) is 19.1 Å². The summed E-state index contributed by atoms with van der Waals surface area (Å²) in [5.41, 5.74) is -1.13. The first-order valence-corrected chi connectivity index (χ1v) is 11.5. The maximum atomic E-state index is 12.2. The molecule has 4 atom stereocenters. The number of carbonyl (C=O) groups excluding carboxylic acids is 1. The first-order chi connectivity index (χ1) is 11.9. The number of aromatic amines is 1. The molecule has 0 aromatic carbocycles. The minimum absolute atomic E-state index is 0.0699. The van der Waals surface area contributed by atoms with Crippen molar-refractivity contribution in [3.8, 4) is 0 Å². The fourth-order valence-electron chi connectivity index (χ4n) is 2.71. The van der Waals surface area contributed by atoms with Crippen LogP contribution in [0.25, 0.3) is 0 Å². The summed E-state index contributed by atoms with van der Waals surface area (Å²) in [6.07, 6.45) is -1.68. The van der Waals surface area contributed by atoms with Gasteiger partial charge in [-0.15, -0.1) is 0 Å². The van der Waals surface area contributed by atoms with E-state index in [4.69, 9.17) is 13.9 Å². The molecule has 1 aromatic rings. The van der Waals surface area contributed by atoms with Crippen LogP contribution in [0.15, 0.2) is 21.9 Å². The normalized spacial score (nSPS) is 26.9. The lowest BCUT2D eigenvalue weighted by atomic mass is 10.1. The molecule has 9 heteroatoms. The van der Waals surface area contributed by atoms with Crippen LogP contribution in [0.1, 0.15) is 33.9 Å². The Morgan fingerprint density at radius 1 is 1.27 bits per heavy atom. The summed E-state index contributed by atoms with van der Waals surface area (Å²) in [5, 5.41) is -0.0699. The van der Waals surface area contributed by atoms with E-state index in [1.54, 1.807) is 0 Å². The molecule has 1 N–H and O–H groups in total. The van der Waals surface area contributed by atoms with Crippen LogP contribution in [0.3, 0.4) is 0 Å². The number of ether oxygens (including phenoxy) is 2. The van der Waals surface area contributed by atoms with E-state index in [9.17, 15) is 14.4 Å². The standard InChI is InChI=1S/C17H28N2O6Si/c1-10(20)12-13(25-26(6,7)17(2,3)4)14(23-5)15(24-12)19-9-8-11(21)18-16(19)22/h8-9,12-15H,1-7H3,(H,18,21,22)/t12-,13?,14?,15-/m1/s1. The Kier molecular flexibility index (Phi) is 5.76. The number of hydrogen-bond acceptors (Lipinski definition) is 6.